The molecule has 1 aromatic heterocycles. The van der Waals surface area contributed by atoms with E-state index < -0.39 is 0 Å². The zero-order chi connectivity index (χ0) is 18.1. The molecule has 0 saturated heterocycles. The molecule has 0 spiro atoms. The lowest BCUT2D eigenvalue weighted by Crippen LogP contribution is -2.40. The van der Waals surface area contributed by atoms with Crippen molar-refractivity contribution < 1.29 is 14.3 Å². The van der Waals surface area contributed by atoms with Crippen LogP contribution in [0.2, 0.25) is 0 Å². The van der Waals surface area contributed by atoms with Crippen molar-refractivity contribution in [2.75, 3.05) is 13.1 Å². The number of ether oxygens (including phenoxy) is 1. The number of rotatable bonds is 8. The van der Waals surface area contributed by atoms with Gasteiger partial charge in [0, 0.05) is 6.20 Å². The SMILES string of the molecule is CC(NC(=O)CNC(=O)CN)c1cccc(OCc2ccccn2)c1.Cl.Cl. The zero-order valence-corrected chi connectivity index (χ0v) is 16.5. The van der Waals surface area contributed by atoms with Crippen LogP contribution in [-0.4, -0.2) is 29.9 Å². The number of pyridine rings is 1. The topological polar surface area (TPSA) is 106 Å². The summed E-state index contributed by atoms with van der Waals surface area (Å²) in [5.74, 6) is 0.0440. The van der Waals surface area contributed by atoms with E-state index in [0.29, 0.717) is 12.4 Å². The van der Waals surface area contributed by atoms with Gasteiger partial charge in [0.2, 0.25) is 11.8 Å². The molecule has 0 aliphatic rings. The van der Waals surface area contributed by atoms with Gasteiger partial charge < -0.3 is 21.1 Å². The highest BCUT2D eigenvalue weighted by Crippen LogP contribution is 2.19. The second kappa shape index (κ2) is 12.9. The molecule has 0 aliphatic heterocycles. The number of amides is 2. The standard InChI is InChI=1S/C18H22N4O3.2ClH/c1-13(22-18(24)11-21-17(23)10-19)14-5-4-7-16(9-14)25-12-15-6-2-3-8-20-15;;/h2-9,13H,10-12,19H2,1H3,(H,21,23)(H,22,24);2*1H. The number of carbonyl (C=O) groups is 2. The number of nitrogens with zero attached hydrogens (tertiary/aromatic N) is 1. The second-order valence-corrected chi connectivity index (χ2v) is 5.45. The molecule has 0 saturated carbocycles. The van der Waals surface area contributed by atoms with Crippen LogP contribution >= 0.6 is 24.8 Å². The van der Waals surface area contributed by atoms with Gasteiger partial charge in [-0.3, -0.25) is 14.6 Å². The van der Waals surface area contributed by atoms with Gasteiger partial charge in [-0.05, 0) is 36.8 Å². The second-order valence-electron chi connectivity index (χ2n) is 5.45. The molecule has 1 atom stereocenters. The van der Waals surface area contributed by atoms with Crippen molar-refractivity contribution in [3.63, 3.8) is 0 Å². The molecule has 0 radical (unpaired) electrons. The van der Waals surface area contributed by atoms with Gasteiger partial charge in [0.15, 0.2) is 0 Å². The summed E-state index contributed by atoms with van der Waals surface area (Å²) in [6.45, 7) is 1.99. The van der Waals surface area contributed by atoms with E-state index in [-0.39, 0.29) is 55.8 Å². The molecule has 7 nitrogen and oxygen atoms in total. The van der Waals surface area contributed by atoms with Crippen LogP contribution < -0.4 is 21.1 Å². The minimum atomic E-state index is -0.368. The monoisotopic (exact) mass is 414 g/mol. The molecular formula is C18H24Cl2N4O3. The number of nitrogens with one attached hydrogen (secondary N) is 2. The first-order valence-electron chi connectivity index (χ1n) is 7.97. The van der Waals surface area contributed by atoms with E-state index >= 15 is 0 Å². The summed E-state index contributed by atoms with van der Waals surface area (Å²) in [6, 6.07) is 12.9. The average molecular weight is 415 g/mol. The first kappa shape index (κ1) is 24.7. The first-order valence-corrected chi connectivity index (χ1v) is 7.97. The van der Waals surface area contributed by atoms with Crippen molar-refractivity contribution in [1.29, 1.82) is 0 Å². The minimum Gasteiger partial charge on any atom is -0.487 e. The van der Waals surface area contributed by atoms with Crippen LogP contribution in [0.3, 0.4) is 0 Å². The molecule has 27 heavy (non-hydrogen) atoms. The Morgan fingerprint density at radius 1 is 1.15 bits per heavy atom. The number of halogens is 2. The third-order valence-corrected chi connectivity index (χ3v) is 3.48. The fourth-order valence-electron chi connectivity index (χ4n) is 2.14. The van der Waals surface area contributed by atoms with E-state index in [9.17, 15) is 9.59 Å². The lowest BCUT2D eigenvalue weighted by atomic mass is 10.1. The lowest BCUT2D eigenvalue weighted by molar-refractivity contribution is -0.125. The molecule has 148 valence electrons. The highest BCUT2D eigenvalue weighted by Gasteiger charge is 2.11. The van der Waals surface area contributed by atoms with Gasteiger partial charge >= 0.3 is 0 Å². The molecule has 4 N–H and O–H groups in total. The number of carbonyl (C=O) groups excluding carboxylic acids is 2. The molecular weight excluding hydrogens is 391 g/mol. The highest BCUT2D eigenvalue weighted by molar-refractivity contribution is 5.86. The van der Waals surface area contributed by atoms with Crippen LogP contribution in [0.4, 0.5) is 0 Å². The van der Waals surface area contributed by atoms with E-state index in [1.54, 1.807) is 6.20 Å². The van der Waals surface area contributed by atoms with Crippen molar-refractivity contribution in [1.82, 2.24) is 15.6 Å². The molecule has 9 heteroatoms. The maximum Gasteiger partial charge on any atom is 0.239 e. The largest absolute Gasteiger partial charge is 0.487 e. The van der Waals surface area contributed by atoms with E-state index in [4.69, 9.17) is 10.5 Å². The van der Waals surface area contributed by atoms with E-state index in [1.165, 1.54) is 0 Å². The summed E-state index contributed by atoms with van der Waals surface area (Å²) in [5, 5.41) is 5.25. The van der Waals surface area contributed by atoms with Crippen LogP contribution in [0.5, 0.6) is 5.75 Å². The van der Waals surface area contributed by atoms with E-state index in [1.807, 2.05) is 49.4 Å². The number of aromatic nitrogens is 1. The first-order chi connectivity index (χ1) is 12.1. The average Bonchev–Trinajstić information content (AvgIpc) is 2.65. The van der Waals surface area contributed by atoms with Crippen molar-refractivity contribution in [2.24, 2.45) is 5.73 Å². The van der Waals surface area contributed by atoms with E-state index in [0.717, 1.165) is 11.3 Å². The Kier molecular flexibility index (Phi) is 11.8. The normalized spacial score (nSPS) is 10.6. The quantitative estimate of drug-likeness (QED) is 0.609. The Labute approximate surface area is 170 Å². The summed E-state index contributed by atoms with van der Waals surface area (Å²) in [4.78, 5) is 27.1. The summed E-state index contributed by atoms with van der Waals surface area (Å²) in [5.41, 5.74) is 6.91. The van der Waals surface area contributed by atoms with Crippen molar-refractivity contribution in [3.05, 3.63) is 59.9 Å². The number of hydrogen-bond donors (Lipinski definition) is 3. The Hall–Kier alpha value is -2.35. The van der Waals surface area contributed by atoms with Crippen LogP contribution in [0.25, 0.3) is 0 Å². The summed E-state index contributed by atoms with van der Waals surface area (Å²) < 4.78 is 5.74. The number of nitrogens with two attached hydrogens (primary N) is 1. The van der Waals surface area contributed by atoms with Gasteiger partial charge in [0.1, 0.15) is 12.4 Å². The van der Waals surface area contributed by atoms with Crippen molar-refractivity contribution >= 4 is 36.6 Å². The third-order valence-electron chi connectivity index (χ3n) is 3.48. The van der Waals surface area contributed by atoms with Crippen LogP contribution in [0, 0.1) is 0 Å². The van der Waals surface area contributed by atoms with Gasteiger partial charge in [-0.25, -0.2) is 0 Å². The number of hydrogen-bond acceptors (Lipinski definition) is 5. The molecule has 1 aromatic carbocycles. The Balaban J connectivity index is 0.00000338. The van der Waals surface area contributed by atoms with Gasteiger partial charge in [-0.2, -0.15) is 0 Å². The van der Waals surface area contributed by atoms with Crippen molar-refractivity contribution in [3.8, 4) is 5.75 Å². The Morgan fingerprint density at radius 2 is 1.93 bits per heavy atom. The van der Waals surface area contributed by atoms with Gasteiger partial charge in [0.25, 0.3) is 0 Å². The predicted octanol–water partition coefficient (Wildman–Crippen LogP) is 1.76. The summed E-state index contributed by atoms with van der Waals surface area (Å²) in [6.07, 6.45) is 1.72. The smallest absolute Gasteiger partial charge is 0.239 e. The maximum absolute atomic E-state index is 11.8. The third kappa shape index (κ3) is 8.72. The maximum atomic E-state index is 11.8. The molecule has 0 fully saturated rings. The zero-order valence-electron chi connectivity index (χ0n) is 14.9. The Morgan fingerprint density at radius 3 is 2.59 bits per heavy atom. The molecule has 1 unspecified atom stereocenters. The van der Waals surface area contributed by atoms with Crippen LogP contribution in [0.15, 0.2) is 48.7 Å². The van der Waals surface area contributed by atoms with Gasteiger partial charge in [0.05, 0.1) is 24.8 Å². The summed E-state index contributed by atoms with van der Waals surface area (Å²) in [7, 11) is 0. The van der Waals surface area contributed by atoms with Gasteiger partial charge in [-0.15, -0.1) is 24.8 Å². The molecule has 0 aliphatic carbocycles. The van der Waals surface area contributed by atoms with Gasteiger partial charge in [-0.1, -0.05) is 18.2 Å². The fraction of sp³-hybridized carbons (Fsp3) is 0.278. The fourth-order valence-corrected chi connectivity index (χ4v) is 2.14. The number of benzene rings is 1. The molecule has 2 amide bonds. The highest BCUT2D eigenvalue weighted by atomic mass is 35.5. The van der Waals surface area contributed by atoms with Crippen LogP contribution in [-0.2, 0) is 16.2 Å². The van der Waals surface area contributed by atoms with Crippen LogP contribution in [0.1, 0.15) is 24.2 Å². The minimum absolute atomic E-state index is 0. The van der Waals surface area contributed by atoms with Crippen molar-refractivity contribution in [2.45, 2.75) is 19.6 Å². The summed E-state index contributed by atoms with van der Waals surface area (Å²) >= 11 is 0. The molecule has 1 heterocycles. The Bertz CT molecular complexity index is 717. The lowest BCUT2D eigenvalue weighted by Gasteiger charge is -2.16. The molecule has 2 rings (SSSR count). The van der Waals surface area contributed by atoms with E-state index in [2.05, 4.69) is 15.6 Å². The molecule has 0 bridgehead atoms. The molecule has 2 aromatic rings. The predicted molar refractivity (Wildman–Crippen MR) is 108 cm³/mol.